The number of aryl methyl sites for hydroxylation is 2. The van der Waals surface area contributed by atoms with E-state index in [0.29, 0.717) is 5.69 Å². The second-order valence-electron chi connectivity index (χ2n) is 4.72. The number of amides is 2. The van der Waals surface area contributed by atoms with Crippen molar-refractivity contribution in [3.63, 3.8) is 0 Å². The van der Waals surface area contributed by atoms with Gasteiger partial charge in [-0.1, -0.05) is 0 Å². The molecule has 2 aromatic rings. The summed E-state index contributed by atoms with van der Waals surface area (Å²) in [6.45, 7) is 3.79. The molecule has 0 radical (unpaired) electrons. The highest BCUT2D eigenvalue weighted by Gasteiger charge is 2.09. The number of aromatic amines is 1. The Morgan fingerprint density at radius 3 is 2.64 bits per heavy atom. The SMILES string of the molecule is Cc1nn(C)c(C)c1/C=C/C(=O)NNC(=O)c1cc(Br)c[nH]1. The van der Waals surface area contributed by atoms with Crippen LogP contribution in [-0.4, -0.2) is 26.6 Å². The number of hydrazine groups is 1. The summed E-state index contributed by atoms with van der Waals surface area (Å²) in [6.07, 6.45) is 4.65. The summed E-state index contributed by atoms with van der Waals surface area (Å²) in [5.74, 6) is -0.859. The van der Waals surface area contributed by atoms with Crippen LogP contribution in [0.3, 0.4) is 0 Å². The Morgan fingerprint density at radius 1 is 1.36 bits per heavy atom. The summed E-state index contributed by atoms with van der Waals surface area (Å²) >= 11 is 3.23. The molecule has 0 saturated heterocycles. The third-order valence-electron chi connectivity index (χ3n) is 3.16. The second kappa shape index (κ2) is 6.61. The van der Waals surface area contributed by atoms with Crippen molar-refractivity contribution in [3.8, 4) is 0 Å². The van der Waals surface area contributed by atoms with E-state index in [4.69, 9.17) is 0 Å². The van der Waals surface area contributed by atoms with E-state index in [2.05, 4.69) is 36.9 Å². The fourth-order valence-corrected chi connectivity index (χ4v) is 2.26. The van der Waals surface area contributed by atoms with E-state index < -0.39 is 11.8 Å². The zero-order valence-corrected chi connectivity index (χ0v) is 14.0. The van der Waals surface area contributed by atoms with E-state index in [1.165, 1.54) is 6.08 Å². The Bertz CT molecular complexity index is 744. The molecule has 0 aromatic carbocycles. The molecule has 2 heterocycles. The first kappa shape index (κ1) is 16.0. The second-order valence-corrected chi connectivity index (χ2v) is 5.63. The van der Waals surface area contributed by atoms with Crippen LogP contribution in [0.25, 0.3) is 6.08 Å². The fourth-order valence-electron chi connectivity index (χ4n) is 1.92. The Hall–Kier alpha value is -2.35. The highest BCUT2D eigenvalue weighted by atomic mass is 79.9. The molecule has 0 aliphatic rings. The molecule has 0 atom stereocenters. The van der Waals surface area contributed by atoms with Gasteiger partial charge in [0.25, 0.3) is 11.8 Å². The van der Waals surface area contributed by atoms with Crippen LogP contribution in [0.2, 0.25) is 0 Å². The van der Waals surface area contributed by atoms with E-state index in [1.807, 2.05) is 20.9 Å². The lowest BCUT2D eigenvalue weighted by Gasteiger charge is -2.03. The highest BCUT2D eigenvalue weighted by Crippen LogP contribution is 2.13. The van der Waals surface area contributed by atoms with Crippen molar-refractivity contribution in [1.82, 2.24) is 25.6 Å². The predicted molar refractivity (Wildman–Crippen MR) is 85.8 cm³/mol. The van der Waals surface area contributed by atoms with Gasteiger partial charge in [0.1, 0.15) is 5.69 Å². The van der Waals surface area contributed by atoms with Gasteiger partial charge in [-0.3, -0.25) is 25.1 Å². The topological polar surface area (TPSA) is 91.8 Å². The van der Waals surface area contributed by atoms with Crippen molar-refractivity contribution in [2.24, 2.45) is 7.05 Å². The molecule has 0 unspecified atom stereocenters. The zero-order valence-electron chi connectivity index (χ0n) is 12.4. The van der Waals surface area contributed by atoms with Gasteiger partial charge < -0.3 is 4.98 Å². The van der Waals surface area contributed by atoms with Gasteiger partial charge >= 0.3 is 0 Å². The number of aromatic nitrogens is 3. The van der Waals surface area contributed by atoms with E-state index in [9.17, 15) is 9.59 Å². The Balaban J connectivity index is 1.93. The lowest BCUT2D eigenvalue weighted by molar-refractivity contribution is -0.117. The van der Waals surface area contributed by atoms with Crippen LogP contribution in [0.15, 0.2) is 22.8 Å². The molecule has 2 aromatic heterocycles. The van der Waals surface area contributed by atoms with Crippen LogP contribution in [0.1, 0.15) is 27.4 Å². The minimum absolute atomic E-state index is 0.343. The van der Waals surface area contributed by atoms with Crippen LogP contribution in [0, 0.1) is 13.8 Å². The van der Waals surface area contributed by atoms with Crippen molar-refractivity contribution in [2.75, 3.05) is 0 Å². The molecule has 2 amide bonds. The number of nitrogens with zero attached hydrogens (tertiary/aromatic N) is 2. The molecule has 3 N–H and O–H groups in total. The van der Waals surface area contributed by atoms with Gasteiger partial charge in [-0.2, -0.15) is 5.10 Å². The first-order valence-electron chi connectivity index (χ1n) is 6.51. The number of hydrogen-bond donors (Lipinski definition) is 3. The monoisotopic (exact) mass is 365 g/mol. The molecule has 2 rings (SSSR count). The quantitative estimate of drug-likeness (QED) is 0.569. The van der Waals surface area contributed by atoms with Crippen molar-refractivity contribution in [1.29, 1.82) is 0 Å². The van der Waals surface area contributed by atoms with Crippen molar-refractivity contribution >= 4 is 33.8 Å². The summed E-state index contributed by atoms with van der Waals surface area (Å²) in [5, 5.41) is 4.26. The van der Waals surface area contributed by atoms with E-state index >= 15 is 0 Å². The number of rotatable bonds is 3. The molecular weight excluding hydrogens is 350 g/mol. The smallest absolute Gasteiger partial charge is 0.286 e. The van der Waals surface area contributed by atoms with Crippen LogP contribution >= 0.6 is 15.9 Å². The first-order chi connectivity index (χ1) is 10.4. The third kappa shape index (κ3) is 3.64. The average molecular weight is 366 g/mol. The first-order valence-corrected chi connectivity index (χ1v) is 7.30. The van der Waals surface area contributed by atoms with Gasteiger partial charge in [0.15, 0.2) is 0 Å². The number of carbonyl (C=O) groups is 2. The van der Waals surface area contributed by atoms with Gasteiger partial charge in [-0.05, 0) is 41.9 Å². The fraction of sp³-hybridized carbons (Fsp3) is 0.214. The molecule has 0 bridgehead atoms. The standard InChI is InChI=1S/C14H16BrN5O2/c1-8-11(9(2)20(3)19-8)4-5-13(21)17-18-14(22)12-6-10(15)7-16-12/h4-7,16H,1-3H3,(H,17,21)(H,18,22)/b5-4+. The third-order valence-corrected chi connectivity index (χ3v) is 3.62. The molecule has 116 valence electrons. The number of nitrogens with one attached hydrogen (secondary N) is 3. The lowest BCUT2D eigenvalue weighted by Crippen LogP contribution is -2.40. The predicted octanol–water partition coefficient (Wildman–Crippen LogP) is 1.60. The molecule has 0 aliphatic carbocycles. The molecule has 7 nitrogen and oxygen atoms in total. The maximum atomic E-state index is 11.7. The molecule has 22 heavy (non-hydrogen) atoms. The maximum absolute atomic E-state index is 11.7. The van der Waals surface area contributed by atoms with Crippen LogP contribution in [0.5, 0.6) is 0 Å². The van der Waals surface area contributed by atoms with Crippen LogP contribution in [-0.2, 0) is 11.8 Å². The average Bonchev–Trinajstić information content (AvgIpc) is 3.00. The van der Waals surface area contributed by atoms with E-state index in [0.717, 1.165) is 21.4 Å². The number of H-pyrrole nitrogens is 1. The normalized spacial score (nSPS) is 10.9. The Labute approximate surface area is 135 Å². The lowest BCUT2D eigenvalue weighted by atomic mass is 10.2. The molecular formula is C14H16BrN5O2. The largest absolute Gasteiger partial charge is 0.356 e. The molecule has 0 saturated carbocycles. The van der Waals surface area contributed by atoms with Gasteiger partial charge in [0.2, 0.25) is 0 Å². The molecule has 0 aliphatic heterocycles. The molecule has 0 spiro atoms. The van der Waals surface area contributed by atoms with Gasteiger partial charge in [0, 0.05) is 35.1 Å². The summed E-state index contributed by atoms with van der Waals surface area (Å²) < 4.78 is 2.50. The van der Waals surface area contributed by atoms with Gasteiger partial charge in [0.05, 0.1) is 5.69 Å². The summed E-state index contributed by atoms with van der Waals surface area (Å²) in [4.78, 5) is 26.2. The van der Waals surface area contributed by atoms with Crippen LogP contribution in [0.4, 0.5) is 0 Å². The zero-order chi connectivity index (χ0) is 16.3. The maximum Gasteiger partial charge on any atom is 0.286 e. The van der Waals surface area contributed by atoms with E-state index in [1.54, 1.807) is 23.0 Å². The Kier molecular flexibility index (Phi) is 4.81. The summed E-state index contributed by atoms with van der Waals surface area (Å²) in [5.41, 5.74) is 7.66. The van der Waals surface area contributed by atoms with Crippen LogP contribution < -0.4 is 10.9 Å². The summed E-state index contributed by atoms with van der Waals surface area (Å²) in [6, 6.07) is 1.61. The minimum atomic E-state index is -0.429. The van der Waals surface area contributed by atoms with E-state index in [-0.39, 0.29) is 0 Å². The van der Waals surface area contributed by atoms with Crippen molar-refractivity contribution < 1.29 is 9.59 Å². The highest BCUT2D eigenvalue weighted by molar-refractivity contribution is 9.10. The van der Waals surface area contributed by atoms with Gasteiger partial charge in [-0.15, -0.1) is 0 Å². The van der Waals surface area contributed by atoms with Crippen molar-refractivity contribution in [2.45, 2.75) is 13.8 Å². The summed E-state index contributed by atoms with van der Waals surface area (Å²) in [7, 11) is 1.84. The molecule has 8 heteroatoms. The number of carbonyl (C=O) groups excluding carboxylic acids is 2. The number of hydrogen-bond acceptors (Lipinski definition) is 3. The minimum Gasteiger partial charge on any atom is -0.356 e. The van der Waals surface area contributed by atoms with Crippen molar-refractivity contribution in [3.05, 3.63) is 45.5 Å². The molecule has 0 fully saturated rings. The number of halogens is 1. The van der Waals surface area contributed by atoms with Gasteiger partial charge in [-0.25, -0.2) is 0 Å². The Morgan fingerprint density at radius 2 is 2.09 bits per heavy atom.